The lowest BCUT2D eigenvalue weighted by molar-refractivity contribution is 0.212. The van der Waals surface area contributed by atoms with E-state index in [0.717, 1.165) is 19.4 Å². The van der Waals surface area contributed by atoms with Gasteiger partial charge in [0.05, 0.1) is 4.90 Å². The second-order valence-electron chi connectivity index (χ2n) is 5.91. The summed E-state index contributed by atoms with van der Waals surface area (Å²) in [7, 11) is -3.41. The standard InChI is InChI=1S/C15H25N3O2S/c1-4-7-16-15-10-14(5-8-17-15)21(19,20)18-9-6-12(2)13(3)11-18/h5,8,10,12-13H,4,6-7,9,11H2,1-3H3,(H,16,17). The van der Waals surface area contributed by atoms with Gasteiger partial charge in [0.1, 0.15) is 5.82 Å². The molecule has 1 aliphatic rings. The van der Waals surface area contributed by atoms with Gasteiger partial charge in [0.15, 0.2) is 0 Å². The Kier molecular flexibility index (Phi) is 5.22. The Labute approximate surface area is 127 Å². The third-order valence-corrected chi connectivity index (χ3v) is 6.08. The number of nitrogens with one attached hydrogen (secondary N) is 1. The zero-order valence-electron chi connectivity index (χ0n) is 13.0. The van der Waals surface area contributed by atoms with Crippen LogP contribution in [0.4, 0.5) is 5.82 Å². The highest BCUT2D eigenvalue weighted by Crippen LogP contribution is 2.27. The largest absolute Gasteiger partial charge is 0.370 e. The zero-order valence-corrected chi connectivity index (χ0v) is 13.9. The maximum atomic E-state index is 12.7. The van der Waals surface area contributed by atoms with Gasteiger partial charge in [0, 0.05) is 31.9 Å². The van der Waals surface area contributed by atoms with Gasteiger partial charge in [-0.2, -0.15) is 4.31 Å². The van der Waals surface area contributed by atoms with Gasteiger partial charge in [-0.25, -0.2) is 13.4 Å². The lowest BCUT2D eigenvalue weighted by atomic mass is 9.90. The first kappa shape index (κ1) is 16.2. The summed E-state index contributed by atoms with van der Waals surface area (Å²) < 4.78 is 27.1. The SMILES string of the molecule is CCCNc1cc(S(=O)(=O)N2CCC(C)C(C)C2)ccn1. The van der Waals surface area contributed by atoms with Crippen molar-refractivity contribution in [1.29, 1.82) is 0 Å². The molecule has 5 nitrogen and oxygen atoms in total. The maximum absolute atomic E-state index is 12.7. The van der Waals surface area contributed by atoms with Crippen LogP contribution in [0.1, 0.15) is 33.6 Å². The summed E-state index contributed by atoms with van der Waals surface area (Å²) in [6.07, 6.45) is 3.45. The first-order valence-electron chi connectivity index (χ1n) is 7.65. The average Bonchev–Trinajstić information content (AvgIpc) is 2.48. The number of anilines is 1. The Hall–Kier alpha value is -1.14. The summed E-state index contributed by atoms with van der Waals surface area (Å²) in [5.74, 6) is 1.60. The lowest BCUT2D eigenvalue weighted by Gasteiger charge is -2.34. The summed E-state index contributed by atoms with van der Waals surface area (Å²) in [5.41, 5.74) is 0. The summed E-state index contributed by atoms with van der Waals surface area (Å²) >= 11 is 0. The summed E-state index contributed by atoms with van der Waals surface area (Å²) in [4.78, 5) is 4.50. The fraction of sp³-hybridized carbons (Fsp3) is 0.667. The van der Waals surface area contributed by atoms with Gasteiger partial charge >= 0.3 is 0 Å². The van der Waals surface area contributed by atoms with Crippen LogP contribution in [0, 0.1) is 11.8 Å². The van der Waals surface area contributed by atoms with E-state index in [1.54, 1.807) is 22.6 Å². The first-order valence-corrected chi connectivity index (χ1v) is 9.09. The molecular weight excluding hydrogens is 286 g/mol. The highest BCUT2D eigenvalue weighted by molar-refractivity contribution is 7.89. The highest BCUT2D eigenvalue weighted by Gasteiger charge is 2.31. The minimum atomic E-state index is -3.41. The monoisotopic (exact) mass is 311 g/mol. The molecule has 21 heavy (non-hydrogen) atoms. The second kappa shape index (κ2) is 6.75. The van der Waals surface area contributed by atoms with Gasteiger partial charge in [-0.3, -0.25) is 0 Å². The molecule has 0 aromatic carbocycles. The van der Waals surface area contributed by atoms with Crippen molar-refractivity contribution in [2.75, 3.05) is 25.0 Å². The van der Waals surface area contributed by atoms with Crippen molar-refractivity contribution in [3.8, 4) is 0 Å². The number of aromatic nitrogens is 1. The van der Waals surface area contributed by atoms with Gasteiger partial charge < -0.3 is 5.32 Å². The van der Waals surface area contributed by atoms with E-state index in [1.165, 1.54) is 0 Å². The van der Waals surface area contributed by atoms with Crippen LogP contribution in [0.3, 0.4) is 0 Å². The van der Waals surface area contributed by atoms with Crippen LogP contribution in [0.15, 0.2) is 23.2 Å². The van der Waals surface area contributed by atoms with Gasteiger partial charge in [0.2, 0.25) is 10.0 Å². The van der Waals surface area contributed by atoms with E-state index in [2.05, 4.69) is 31.1 Å². The molecule has 0 saturated carbocycles. The number of piperidine rings is 1. The molecule has 1 saturated heterocycles. The second-order valence-corrected chi connectivity index (χ2v) is 7.85. The topological polar surface area (TPSA) is 62.3 Å². The van der Waals surface area contributed by atoms with Crippen LogP contribution in [-0.2, 0) is 10.0 Å². The lowest BCUT2D eigenvalue weighted by Crippen LogP contribution is -2.42. The molecular formula is C15H25N3O2S. The molecule has 0 aliphatic carbocycles. The van der Waals surface area contributed by atoms with Crippen LogP contribution in [0.2, 0.25) is 0 Å². The summed E-state index contributed by atoms with van der Waals surface area (Å²) in [6.45, 7) is 8.36. The maximum Gasteiger partial charge on any atom is 0.243 e. The molecule has 1 aromatic heterocycles. The van der Waals surface area contributed by atoms with Crippen molar-refractivity contribution >= 4 is 15.8 Å². The summed E-state index contributed by atoms with van der Waals surface area (Å²) in [5, 5.41) is 3.13. The fourth-order valence-corrected chi connectivity index (χ4v) is 4.08. The molecule has 2 heterocycles. The van der Waals surface area contributed by atoms with Crippen molar-refractivity contribution in [1.82, 2.24) is 9.29 Å². The van der Waals surface area contributed by atoms with Crippen molar-refractivity contribution in [3.05, 3.63) is 18.3 Å². The van der Waals surface area contributed by atoms with E-state index in [4.69, 9.17) is 0 Å². The first-order chi connectivity index (χ1) is 9.95. The quantitative estimate of drug-likeness (QED) is 0.908. The Balaban J connectivity index is 2.19. The molecule has 1 N–H and O–H groups in total. The van der Waals surface area contributed by atoms with E-state index >= 15 is 0 Å². The van der Waals surface area contributed by atoms with Gasteiger partial charge in [-0.05, 0) is 30.7 Å². The van der Waals surface area contributed by atoms with Crippen LogP contribution >= 0.6 is 0 Å². The molecule has 0 spiro atoms. The Morgan fingerprint density at radius 3 is 2.81 bits per heavy atom. The number of pyridine rings is 1. The molecule has 0 radical (unpaired) electrons. The molecule has 1 aliphatic heterocycles. The molecule has 2 rings (SSSR count). The average molecular weight is 311 g/mol. The summed E-state index contributed by atoms with van der Waals surface area (Å²) in [6, 6.07) is 3.21. The van der Waals surface area contributed by atoms with Crippen molar-refractivity contribution in [2.24, 2.45) is 11.8 Å². The normalized spacial score (nSPS) is 24.0. The predicted octanol–water partition coefficient (Wildman–Crippen LogP) is 2.57. The number of rotatable bonds is 5. The van der Waals surface area contributed by atoms with Crippen LogP contribution in [-0.4, -0.2) is 37.3 Å². The number of hydrogen-bond acceptors (Lipinski definition) is 4. The molecule has 2 unspecified atom stereocenters. The Morgan fingerprint density at radius 1 is 1.38 bits per heavy atom. The molecule has 0 bridgehead atoms. The highest BCUT2D eigenvalue weighted by atomic mass is 32.2. The Morgan fingerprint density at radius 2 is 2.14 bits per heavy atom. The van der Waals surface area contributed by atoms with E-state index in [1.807, 2.05) is 0 Å². The number of hydrogen-bond donors (Lipinski definition) is 1. The van der Waals surface area contributed by atoms with E-state index in [-0.39, 0.29) is 0 Å². The third-order valence-electron chi connectivity index (χ3n) is 4.22. The van der Waals surface area contributed by atoms with Gasteiger partial charge in [-0.15, -0.1) is 0 Å². The Bertz CT molecular complexity index is 574. The van der Waals surface area contributed by atoms with E-state index < -0.39 is 10.0 Å². The third kappa shape index (κ3) is 3.74. The predicted molar refractivity (Wildman–Crippen MR) is 84.7 cm³/mol. The van der Waals surface area contributed by atoms with Crippen LogP contribution in [0.5, 0.6) is 0 Å². The molecule has 6 heteroatoms. The van der Waals surface area contributed by atoms with Crippen LogP contribution in [0.25, 0.3) is 0 Å². The van der Waals surface area contributed by atoms with E-state index in [0.29, 0.717) is 35.6 Å². The number of sulfonamides is 1. The zero-order chi connectivity index (χ0) is 15.5. The minimum absolute atomic E-state index is 0.331. The number of nitrogens with zero attached hydrogens (tertiary/aromatic N) is 2. The molecule has 2 atom stereocenters. The molecule has 0 amide bonds. The fourth-order valence-electron chi connectivity index (χ4n) is 2.51. The van der Waals surface area contributed by atoms with Gasteiger partial charge in [-0.1, -0.05) is 20.8 Å². The van der Waals surface area contributed by atoms with Crippen molar-refractivity contribution in [3.63, 3.8) is 0 Å². The molecule has 1 aromatic rings. The smallest absolute Gasteiger partial charge is 0.243 e. The van der Waals surface area contributed by atoms with Crippen molar-refractivity contribution < 1.29 is 8.42 Å². The molecule has 1 fully saturated rings. The van der Waals surface area contributed by atoms with Crippen molar-refractivity contribution in [2.45, 2.75) is 38.5 Å². The van der Waals surface area contributed by atoms with E-state index in [9.17, 15) is 8.42 Å². The van der Waals surface area contributed by atoms with Crippen LogP contribution < -0.4 is 5.32 Å². The van der Waals surface area contributed by atoms with Gasteiger partial charge in [0.25, 0.3) is 0 Å². The molecule has 118 valence electrons. The minimum Gasteiger partial charge on any atom is -0.370 e.